The van der Waals surface area contributed by atoms with E-state index < -0.39 is 11.9 Å². The van der Waals surface area contributed by atoms with E-state index in [0.29, 0.717) is 22.3 Å². The molecule has 0 unspecified atom stereocenters. The summed E-state index contributed by atoms with van der Waals surface area (Å²) < 4.78 is 41.5. The van der Waals surface area contributed by atoms with Crippen LogP contribution in [0.4, 0.5) is 13.2 Å². The first-order chi connectivity index (χ1) is 15.2. The zero-order valence-electron chi connectivity index (χ0n) is 16.7. The predicted molar refractivity (Wildman–Crippen MR) is 106 cm³/mol. The highest BCUT2D eigenvalue weighted by Gasteiger charge is 2.37. The molecule has 164 valence electrons. The Morgan fingerprint density at radius 1 is 1.25 bits per heavy atom. The average molecular weight is 443 g/mol. The number of aromatic amines is 1. The second kappa shape index (κ2) is 7.04. The van der Waals surface area contributed by atoms with Crippen molar-refractivity contribution in [1.82, 2.24) is 34.3 Å². The molecule has 1 aliphatic heterocycles. The molecule has 1 fully saturated rings. The lowest BCUT2D eigenvalue weighted by atomic mass is 9.91. The lowest BCUT2D eigenvalue weighted by Gasteiger charge is -2.39. The second-order valence-electron chi connectivity index (χ2n) is 7.55. The monoisotopic (exact) mass is 443 g/mol. The van der Waals surface area contributed by atoms with E-state index in [4.69, 9.17) is 0 Å². The molecule has 1 aliphatic rings. The molecule has 4 aromatic heterocycles. The molecule has 32 heavy (non-hydrogen) atoms. The smallest absolute Gasteiger partial charge is 0.337 e. The van der Waals surface area contributed by atoms with Gasteiger partial charge in [-0.05, 0) is 36.8 Å². The first kappa shape index (κ1) is 20.0. The van der Waals surface area contributed by atoms with Gasteiger partial charge in [0.2, 0.25) is 5.95 Å². The number of likely N-dealkylation sites (tertiary alicyclic amines) is 1. The van der Waals surface area contributed by atoms with Crippen LogP contribution in [0, 0.1) is 6.92 Å². The van der Waals surface area contributed by atoms with Crippen LogP contribution in [-0.4, -0.2) is 53.3 Å². The SMILES string of the molecule is Cc1c(C(=O)N2CC(c3ccnc(C(F)(F)F)c3)C2)cnn1-c1nn2cccc2c(=O)[nH]1. The average Bonchev–Trinajstić information content (AvgIpc) is 3.33. The molecular formula is C20H16F3N7O2. The predicted octanol–water partition coefficient (Wildman–Crippen LogP) is 2.17. The molecule has 0 bridgehead atoms. The Bertz CT molecular complexity index is 1400. The second-order valence-corrected chi connectivity index (χ2v) is 7.55. The van der Waals surface area contributed by atoms with E-state index in [0.717, 1.165) is 12.3 Å². The molecule has 5 heterocycles. The minimum Gasteiger partial charge on any atom is -0.337 e. The number of H-pyrrole nitrogens is 1. The van der Waals surface area contributed by atoms with Crippen molar-refractivity contribution < 1.29 is 18.0 Å². The normalized spacial score (nSPS) is 14.7. The number of rotatable bonds is 3. The van der Waals surface area contributed by atoms with Crippen molar-refractivity contribution in [3.8, 4) is 5.95 Å². The van der Waals surface area contributed by atoms with E-state index in [9.17, 15) is 22.8 Å². The zero-order chi connectivity index (χ0) is 22.6. The van der Waals surface area contributed by atoms with Crippen molar-refractivity contribution in [2.45, 2.75) is 19.0 Å². The first-order valence-corrected chi connectivity index (χ1v) is 9.67. The third-order valence-corrected chi connectivity index (χ3v) is 5.54. The van der Waals surface area contributed by atoms with Crippen molar-refractivity contribution in [2.75, 3.05) is 13.1 Å². The van der Waals surface area contributed by atoms with Crippen LogP contribution >= 0.6 is 0 Å². The summed E-state index contributed by atoms with van der Waals surface area (Å²) in [6.07, 6.45) is -0.368. The van der Waals surface area contributed by atoms with Gasteiger partial charge in [-0.2, -0.15) is 18.3 Å². The number of fused-ring (bicyclic) bond motifs is 1. The van der Waals surface area contributed by atoms with E-state index in [-0.39, 0.29) is 36.4 Å². The quantitative estimate of drug-likeness (QED) is 0.523. The highest BCUT2D eigenvalue weighted by atomic mass is 19.4. The van der Waals surface area contributed by atoms with Crippen LogP contribution < -0.4 is 5.56 Å². The van der Waals surface area contributed by atoms with Gasteiger partial charge in [-0.15, -0.1) is 5.10 Å². The Labute approximate surface area is 178 Å². The minimum atomic E-state index is -4.51. The number of halogens is 3. The van der Waals surface area contributed by atoms with Crippen molar-refractivity contribution in [3.63, 3.8) is 0 Å². The number of nitrogens with one attached hydrogen (secondary N) is 1. The maximum Gasteiger partial charge on any atom is 0.433 e. The van der Waals surface area contributed by atoms with Gasteiger partial charge in [-0.25, -0.2) is 9.20 Å². The van der Waals surface area contributed by atoms with E-state index in [1.807, 2.05) is 0 Å². The Balaban J connectivity index is 1.34. The van der Waals surface area contributed by atoms with Crippen LogP contribution in [0.25, 0.3) is 11.5 Å². The number of alkyl halides is 3. The molecule has 1 amide bonds. The third kappa shape index (κ3) is 3.24. The van der Waals surface area contributed by atoms with Gasteiger partial charge < -0.3 is 4.90 Å². The molecule has 0 aromatic carbocycles. The van der Waals surface area contributed by atoms with Crippen LogP contribution in [0.1, 0.15) is 33.2 Å². The summed E-state index contributed by atoms with van der Waals surface area (Å²) in [5, 5.41) is 8.48. The van der Waals surface area contributed by atoms with Crippen LogP contribution in [0.2, 0.25) is 0 Å². The molecule has 1 saturated heterocycles. The van der Waals surface area contributed by atoms with Gasteiger partial charge in [0.1, 0.15) is 11.2 Å². The molecule has 0 saturated carbocycles. The minimum absolute atomic E-state index is 0.160. The molecule has 0 atom stereocenters. The standard InChI is InChI=1S/C20H16F3N7O2/c1-11-14(8-25-30(11)19-26-17(31)15-3-2-6-29(15)27-19)18(32)28-9-13(10-28)12-4-5-24-16(7-12)20(21,22)23/h2-8,13H,9-10H2,1H3,(H,26,27,31). The summed E-state index contributed by atoms with van der Waals surface area (Å²) in [5.74, 6) is -0.333. The van der Waals surface area contributed by atoms with Crippen molar-refractivity contribution >= 4 is 11.4 Å². The van der Waals surface area contributed by atoms with Crippen LogP contribution in [0.15, 0.2) is 47.7 Å². The van der Waals surface area contributed by atoms with Gasteiger partial charge in [0.15, 0.2) is 0 Å². The zero-order valence-corrected chi connectivity index (χ0v) is 16.7. The molecule has 5 rings (SSSR count). The molecule has 0 aliphatic carbocycles. The lowest BCUT2D eigenvalue weighted by molar-refractivity contribution is -0.141. The molecule has 0 radical (unpaired) electrons. The summed E-state index contributed by atoms with van der Waals surface area (Å²) >= 11 is 0. The lowest BCUT2D eigenvalue weighted by Crippen LogP contribution is -2.48. The van der Waals surface area contributed by atoms with E-state index in [1.165, 1.54) is 26.4 Å². The first-order valence-electron chi connectivity index (χ1n) is 9.67. The number of aromatic nitrogens is 6. The van der Waals surface area contributed by atoms with Gasteiger partial charge in [-0.1, -0.05) is 0 Å². The van der Waals surface area contributed by atoms with E-state index >= 15 is 0 Å². The number of amides is 1. The molecule has 12 heteroatoms. The van der Waals surface area contributed by atoms with Gasteiger partial charge in [0.05, 0.1) is 17.5 Å². The maximum absolute atomic E-state index is 12.9. The Hall–Kier alpha value is -3.96. The van der Waals surface area contributed by atoms with Gasteiger partial charge >= 0.3 is 6.18 Å². The molecule has 0 spiro atoms. The summed E-state index contributed by atoms with van der Waals surface area (Å²) in [7, 11) is 0. The highest BCUT2D eigenvalue weighted by molar-refractivity contribution is 5.95. The number of carbonyl (C=O) groups is 1. The summed E-state index contributed by atoms with van der Waals surface area (Å²) in [5.41, 5.74) is 0.389. The maximum atomic E-state index is 12.9. The van der Waals surface area contributed by atoms with Gasteiger partial charge in [0, 0.05) is 31.4 Å². The topological polar surface area (TPSA) is 101 Å². The van der Waals surface area contributed by atoms with Gasteiger partial charge in [0.25, 0.3) is 11.5 Å². The third-order valence-electron chi connectivity index (χ3n) is 5.54. The number of carbonyl (C=O) groups excluding carboxylic acids is 1. The molecule has 1 N–H and O–H groups in total. The van der Waals surface area contributed by atoms with Crippen LogP contribution in [-0.2, 0) is 6.18 Å². The van der Waals surface area contributed by atoms with E-state index in [2.05, 4.69) is 20.2 Å². The Morgan fingerprint density at radius 2 is 2.03 bits per heavy atom. The van der Waals surface area contributed by atoms with E-state index in [1.54, 1.807) is 25.3 Å². The van der Waals surface area contributed by atoms with Crippen molar-refractivity contribution in [2.24, 2.45) is 0 Å². The Morgan fingerprint density at radius 3 is 2.78 bits per heavy atom. The summed E-state index contributed by atoms with van der Waals surface area (Å²) in [6, 6.07) is 5.87. The summed E-state index contributed by atoms with van der Waals surface area (Å²) in [4.78, 5) is 32.7. The Kier molecular flexibility index (Phi) is 4.39. The molecule has 9 nitrogen and oxygen atoms in total. The highest BCUT2D eigenvalue weighted by Crippen LogP contribution is 2.33. The molecular weight excluding hydrogens is 427 g/mol. The largest absolute Gasteiger partial charge is 0.433 e. The number of pyridine rings is 1. The fourth-order valence-electron chi connectivity index (χ4n) is 3.74. The van der Waals surface area contributed by atoms with Crippen molar-refractivity contribution in [1.29, 1.82) is 0 Å². The van der Waals surface area contributed by atoms with Crippen LogP contribution in [0.5, 0.6) is 0 Å². The van der Waals surface area contributed by atoms with Gasteiger partial charge in [-0.3, -0.25) is 19.6 Å². The van der Waals surface area contributed by atoms with Crippen LogP contribution in [0.3, 0.4) is 0 Å². The number of hydrogen-bond donors (Lipinski definition) is 1. The number of nitrogens with zero attached hydrogens (tertiary/aromatic N) is 6. The summed E-state index contributed by atoms with van der Waals surface area (Å²) in [6.45, 7) is 2.25. The molecule has 4 aromatic rings. The number of hydrogen-bond acceptors (Lipinski definition) is 5. The fraction of sp³-hybridized carbons (Fsp3) is 0.250. The van der Waals surface area contributed by atoms with Crippen molar-refractivity contribution in [3.05, 3.63) is 75.7 Å². The fourth-order valence-corrected chi connectivity index (χ4v) is 3.74.